The summed E-state index contributed by atoms with van der Waals surface area (Å²) >= 11 is 0. The van der Waals surface area contributed by atoms with Crippen LogP contribution in [-0.2, 0) is 4.79 Å². The number of rotatable bonds is 5. The number of carbonyl (C=O) groups excluding carboxylic acids is 1. The third-order valence-electron chi connectivity index (χ3n) is 4.47. The van der Waals surface area contributed by atoms with Crippen LogP contribution in [0.25, 0.3) is 10.8 Å². The van der Waals surface area contributed by atoms with Gasteiger partial charge in [0.25, 0.3) is 0 Å². The molecule has 3 rings (SSSR count). The second kappa shape index (κ2) is 7.97. The fraction of sp³-hybridized carbons (Fsp3) is 0.389. The minimum atomic E-state index is -0.190. The van der Waals surface area contributed by atoms with Crippen molar-refractivity contribution in [3.8, 4) is 5.75 Å². The zero-order valence-electron chi connectivity index (χ0n) is 13.3. The quantitative estimate of drug-likeness (QED) is 0.749. The Bertz CT molecular complexity index is 672. The van der Waals surface area contributed by atoms with Gasteiger partial charge in [0, 0.05) is 25.0 Å². The smallest absolute Gasteiger partial charge is 0.222 e. The van der Waals surface area contributed by atoms with Crippen molar-refractivity contribution >= 4 is 40.7 Å². The summed E-state index contributed by atoms with van der Waals surface area (Å²) in [6, 6.07) is 14.3. The van der Waals surface area contributed by atoms with Crippen LogP contribution in [0.15, 0.2) is 42.5 Å². The van der Waals surface area contributed by atoms with Gasteiger partial charge in [-0.05, 0) is 17.4 Å². The van der Waals surface area contributed by atoms with Crippen molar-refractivity contribution in [2.24, 2.45) is 17.6 Å². The van der Waals surface area contributed by atoms with E-state index in [9.17, 15) is 4.79 Å². The number of benzene rings is 2. The van der Waals surface area contributed by atoms with Crippen molar-refractivity contribution in [1.29, 1.82) is 0 Å². The van der Waals surface area contributed by atoms with E-state index >= 15 is 0 Å². The largest absolute Gasteiger partial charge is 0.492 e. The number of nitrogens with zero attached hydrogens (tertiary/aromatic N) is 1. The number of amides is 1. The van der Waals surface area contributed by atoms with Crippen LogP contribution in [0.5, 0.6) is 5.75 Å². The Hall–Kier alpha value is -1.34. The standard InChI is InChI=1S/C18H22N2O2.HI/c1-13-11-20(12-16(13)18(19)21)9-10-22-17-8-4-6-14-5-2-3-7-15(14)17;/h2-8,13,16H,9-12H2,1H3,(H2,19,21);1H/t13-,16-;/m1./s1. The van der Waals surface area contributed by atoms with Crippen molar-refractivity contribution in [2.45, 2.75) is 6.92 Å². The fourth-order valence-electron chi connectivity index (χ4n) is 3.23. The third kappa shape index (κ3) is 4.14. The Morgan fingerprint density at radius 3 is 2.70 bits per heavy atom. The van der Waals surface area contributed by atoms with E-state index in [0.29, 0.717) is 12.5 Å². The molecule has 5 heteroatoms. The van der Waals surface area contributed by atoms with E-state index in [4.69, 9.17) is 10.5 Å². The molecule has 0 aliphatic carbocycles. The highest BCUT2D eigenvalue weighted by Gasteiger charge is 2.32. The molecule has 0 saturated carbocycles. The normalized spacial score (nSPS) is 21.1. The summed E-state index contributed by atoms with van der Waals surface area (Å²) in [7, 11) is 0. The predicted octanol–water partition coefficient (Wildman–Crippen LogP) is 2.89. The molecule has 4 nitrogen and oxygen atoms in total. The van der Waals surface area contributed by atoms with Gasteiger partial charge in [-0.1, -0.05) is 43.3 Å². The first-order valence-electron chi connectivity index (χ1n) is 7.77. The average molecular weight is 426 g/mol. The minimum absolute atomic E-state index is 0. The first-order valence-corrected chi connectivity index (χ1v) is 7.77. The van der Waals surface area contributed by atoms with Crippen LogP contribution in [0.1, 0.15) is 6.92 Å². The molecular weight excluding hydrogens is 403 g/mol. The number of ether oxygens (including phenoxy) is 1. The Morgan fingerprint density at radius 2 is 1.96 bits per heavy atom. The zero-order valence-corrected chi connectivity index (χ0v) is 15.6. The highest BCUT2D eigenvalue weighted by atomic mass is 127. The average Bonchev–Trinajstić information content (AvgIpc) is 2.89. The maximum absolute atomic E-state index is 11.4. The van der Waals surface area contributed by atoms with Gasteiger partial charge < -0.3 is 10.5 Å². The second-order valence-corrected chi connectivity index (χ2v) is 6.07. The molecule has 23 heavy (non-hydrogen) atoms. The Kier molecular flexibility index (Phi) is 6.24. The van der Waals surface area contributed by atoms with Gasteiger partial charge in [0.15, 0.2) is 0 Å². The molecule has 1 amide bonds. The van der Waals surface area contributed by atoms with Crippen LogP contribution in [0.4, 0.5) is 0 Å². The lowest BCUT2D eigenvalue weighted by Gasteiger charge is -2.16. The molecule has 1 heterocycles. The van der Waals surface area contributed by atoms with Crippen molar-refractivity contribution < 1.29 is 9.53 Å². The first kappa shape index (κ1) is 18.0. The van der Waals surface area contributed by atoms with E-state index in [1.165, 1.54) is 5.39 Å². The number of primary amides is 1. The molecular formula is C18H23IN2O2. The van der Waals surface area contributed by atoms with Crippen LogP contribution in [0, 0.1) is 11.8 Å². The zero-order chi connectivity index (χ0) is 15.5. The van der Waals surface area contributed by atoms with Gasteiger partial charge in [0.1, 0.15) is 12.4 Å². The van der Waals surface area contributed by atoms with E-state index in [-0.39, 0.29) is 35.8 Å². The van der Waals surface area contributed by atoms with E-state index in [0.717, 1.165) is 30.8 Å². The SMILES string of the molecule is C[C@@H]1CN(CCOc2cccc3ccccc23)C[C@H]1C(N)=O.I. The molecule has 0 bridgehead atoms. The summed E-state index contributed by atoms with van der Waals surface area (Å²) in [5, 5.41) is 2.32. The van der Waals surface area contributed by atoms with E-state index in [2.05, 4.69) is 30.0 Å². The monoisotopic (exact) mass is 426 g/mol. The minimum Gasteiger partial charge on any atom is -0.492 e. The molecule has 1 saturated heterocycles. The van der Waals surface area contributed by atoms with Gasteiger partial charge in [-0.15, -0.1) is 24.0 Å². The lowest BCUT2D eigenvalue weighted by Crippen LogP contribution is -2.30. The molecule has 2 aromatic carbocycles. The summed E-state index contributed by atoms with van der Waals surface area (Å²) < 4.78 is 5.95. The van der Waals surface area contributed by atoms with Gasteiger partial charge in [-0.2, -0.15) is 0 Å². The molecule has 2 atom stereocenters. The maximum Gasteiger partial charge on any atom is 0.222 e. The van der Waals surface area contributed by atoms with Crippen LogP contribution >= 0.6 is 24.0 Å². The molecule has 0 aromatic heterocycles. The summed E-state index contributed by atoms with van der Waals surface area (Å²) in [5.41, 5.74) is 5.44. The van der Waals surface area contributed by atoms with Crippen molar-refractivity contribution in [2.75, 3.05) is 26.2 Å². The molecule has 124 valence electrons. The maximum atomic E-state index is 11.4. The van der Waals surface area contributed by atoms with Gasteiger partial charge in [-0.3, -0.25) is 9.69 Å². The lowest BCUT2D eigenvalue weighted by atomic mass is 9.98. The molecule has 0 radical (unpaired) electrons. The van der Waals surface area contributed by atoms with E-state index in [1.807, 2.05) is 24.3 Å². The lowest BCUT2D eigenvalue weighted by molar-refractivity contribution is -0.122. The molecule has 1 aliphatic heterocycles. The van der Waals surface area contributed by atoms with Crippen LogP contribution in [0.3, 0.4) is 0 Å². The van der Waals surface area contributed by atoms with Crippen molar-refractivity contribution in [3.63, 3.8) is 0 Å². The van der Waals surface area contributed by atoms with Gasteiger partial charge >= 0.3 is 0 Å². The Morgan fingerprint density at radius 1 is 1.22 bits per heavy atom. The molecule has 2 aromatic rings. The number of halogens is 1. The van der Waals surface area contributed by atoms with E-state index < -0.39 is 0 Å². The predicted molar refractivity (Wildman–Crippen MR) is 103 cm³/mol. The number of nitrogens with two attached hydrogens (primary N) is 1. The topological polar surface area (TPSA) is 55.6 Å². The molecule has 2 N–H and O–H groups in total. The van der Waals surface area contributed by atoms with Crippen LogP contribution < -0.4 is 10.5 Å². The van der Waals surface area contributed by atoms with E-state index in [1.54, 1.807) is 0 Å². The second-order valence-electron chi connectivity index (χ2n) is 6.07. The van der Waals surface area contributed by atoms with Gasteiger partial charge in [-0.25, -0.2) is 0 Å². The fourth-order valence-corrected chi connectivity index (χ4v) is 3.23. The number of hydrogen-bond acceptors (Lipinski definition) is 3. The Balaban J connectivity index is 0.00000192. The molecule has 0 spiro atoms. The molecule has 0 unspecified atom stereocenters. The number of likely N-dealkylation sites (tertiary alicyclic amines) is 1. The summed E-state index contributed by atoms with van der Waals surface area (Å²) in [6.07, 6.45) is 0. The number of hydrogen-bond donors (Lipinski definition) is 1. The highest BCUT2D eigenvalue weighted by molar-refractivity contribution is 14.0. The molecule has 1 aliphatic rings. The van der Waals surface area contributed by atoms with Crippen LogP contribution in [0.2, 0.25) is 0 Å². The van der Waals surface area contributed by atoms with Gasteiger partial charge in [0.05, 0.1) is 5.92 Å². The molecule has 1 fully saturated rings. The first-order chi connectivity index (χ1) is 10.6. The Labute approximate surface area is 154 Å². The van der Waals surface area contributed by atoms with Crippen molar-refractivity contribution in [3.05, 3.63) is 42.5 Å². The summed E-state index contributed by atoms with van der Waals surface area (Å²) in [6.45, 7) is 5.17. The third-order valence-corrected chi connectivity index (χ3v) is 4.47. The summed E-state index contributed by atoms with van der Waals surface area (Å²) in [4.78, 5) is 13.6. The van der Waals surface area contributed by atoms with Crippen LogP contribution in [-0.4, -0.2) is 37.0 Å². The number of carbonyl (C=O) groups is 1. The summed E-state index contributed by atoms with van der Waals surface area (Å²) in [5.74, 6) is 1.02. The highest BCUT2D eigenvalue weighted by Crippen LogP contribution is 2.26. The van der Waals surface area contributed by atoms with Crippen molar-refractivity contribution in [1.82, 2.24) is 4.90 Å². The number of fused-ring (bicyclic) bond motifs is 1. The van der Waals surface area contributed by atoms with Gasteiger partial charge in [0.2, 0.25) is 5.91 Å².